The predicted octanol–water partition coefficient (Wildman–Crippen LogP) is 16.0. The van der Waals surface area contributed by atoms with Crippen molar-refractivity contribution in [2.24, 2.45) is 0 Å². The highest BCUT2D eigenvalue weighted by Crippen LogP contribution is 2.44. The SMILES string of the molecule is C=Cc1c(/C=C\N(c2ccc(-c3ccccc3)cc2)c2ccc(-c3cccc4c5c(sc34)C=CCC5)cc2)c2c3sc4ccccc4c3ccc2n1-c1ccccc1. The molecular weight excluding hydrogens is 741 g/mol. The van der Waals surface area contributed by atoms with Gasteiger partial charge in [-0.05, 0) is 113 Å². The summed E-state index contributed by atoms with van der Waals surface area (Å²) < 4.78 is 6.32. The zero-order valence-corrected chi connectivity index (χ0v) is 33.4. The third kappa shape index (κ3) is 5.75. The van der Waals surface area contributed by atoms with Gasteiger partial charge >= 0.3 is 0 Å². The van der Waals surface area contributed by atoms with Crippen molar-refractivity contribution in [2.75, 3.05) is 4.90 Å². The monoisotopic (exact) mass is 778 g/mol. The molecule has 3 aromatic heterocycles. The molecule has 0 bridgehead atoms. The van der Waals surface area contributed by atoms with Crippen LogP contribution < -0.4 is 4.90 Å². The van der Waals surface area contributed by atoms with Crippen LogP contribution in [0.3, 0.4) is 0 Å². The maximum atomic E-state index is 4.39. The van der Waals surface area contributed by atoms with E-state index in [0.717, 1.165) is 41.2 Å². The van der Waals surface area contributed by atoms with Crippen molar-refractivity contribution < 1.29 is 0 Å². The number of benzene rings is 7. The zero-order valence-electron chi connectivity index (χ0n) is 31.8. The molecule has 0 saturated carbocycles. The number of thiophene rings is 2. The third-order valence-corrected chi connectivity index (χ3v) is 14.0. The summed E-state index contributed by atoms with van der Waals surface area (Å²) in [6.07, 6.45) is 13.4. The number of hydrogen-bond acceptors (Lipinski definition) is 3. The van der Waals surface area contributed by atoms with Crippen LogP contribution in [0.2, 0.25) is 0 Å². The van der Waals surface area contributed by atoms with Crippen molar-refractivity contribution >= 4 is 93.4 Å². The summed E-state index contributed by atoms with van der Waals surface area (Å²) >= 11 is 3.79. The van der Waals surface area contributed by atoms with Crippen molar-refractivity contribution in [3.8, 4) is 27.9 Å². The zero-order chi connectivity index (χ0) is 38.6. The summed E-state index contributed by atoms with van der Waals surface area (Å²) in [4.78, 5) is 3.72. The minimum atomic E-state index is 1.07. The Labute approximate surface area is 346 Å². The fraction of sp³-hybridized carbons (Fsp3) is 0.0370. The van der Waals surface area contributed by atoms with Gasteiger partial charge in [0.1, 0.15) is 0 Å². The van der Waals surface area contributed by atoms with Crippen LogP contribution in [0.4, 0.5) is 11.4 Å². The minimum Gasteiger partial charge on any atom is -0.317 e. The van der Waals surface area contributed by atoms with Crippen LogP contribution in [0.15, 0.2) is 183 Å². The summed E-state index contributed by atoms with van der Waals surface area (Å²) in [5.74, 6) is 0. The van der Waals surface area contributed by atoms with E-state index < -0.39 is 0 Å². The number of rotatable bonds is 8. The van der Waals surface area contributed by atoms with E-state index in [4.69, 9.17) is 0 Å². The highest BCUT2D eigenvalue weighted by Gasteiger charge is 2.21. The lowest BCUT2D eigenvalue weighted by Gasteiger charge is -2.22. The summed E-state index contributed by atoms with van der Waals surface area (Å²) in [6, 6.07) is 59.4. The molecule has 4 heteroatoms. The molecule has 1 aliphatic rings. The summed E-state index contributed by atoms with van der Waals surface area (Å²) in [5.41, 5.74) is 13.1. The molecular formula is C54H38N2S2. The van der Waals surface area contributed by atoms with E-state index in [0.29, 0.717) is 0 Å². The van der Waals surface area contributed by atoms with E-state index in [1.807, 2.05) is 28.7 Å². The predicted molar refractivity (Wildman–Crippen MR) is 254 cm³/mol. The van der Waals surface area contributed by atoms with Crippen molar-refractivity contribution in [3.05, 3.63) is 204 Å². The lowest BCUT2D eigenvalue weighted by Crippen LogP contribution is -2.08. The summed E-state index contributed by atoms with van der Waals surface area (Å²) in [6.45, 7) is 4.39. The topological polar surface area (TPSA) is 8.17 Å². The molecule has 0 spiro atoms. The molecule has 7 aromatic carbocycles. The van der Waals surface area contributed by atoms with Gasteiger partial charge in [0, 0.05) is 64.0 Å². The second-order valence-corrected chi connectivity index (χ2v) is 16.9. The Morgan fingerprint density at radius 3 is 2.05 bits per heavy atom. The highest BCUT2D eigenvalue weighted by atomic mass is 32.1. The number of para-hydroxylation sites is 1. The van der Waals surface area contributed by atoms with E-state index in [1.54, 1.807) is 0 Å². The fourth-order valence-corrected chi connectivity index (χ4v) is 11.3. The van der Waals surface area contributed by atoms with Crippen LogP contribution in [0, 0.1) is 0 Å². The number of aromatic nitrogens is 1. The van der Waals surface area contributed by atoms with Gasteiger partial charge in [-0.2, -0.15) is 0 Å². The second kappa shape index (κ2) is 14.3. The standard InChI is InChI=1S/C54H38N2S2/c1-2-48-47(52-49(56(48)41-16-7-4-8-17-41)33-32-46-44-19-10-12-23-51(44)58-54(46)52)34-35-55(39-28-24-37(25-29-39)36-14-5-3-6-15-36)40-30-26-38(27-31-40)42-20-13-21-45-43-18-9-11-22-50(43)57-53(42)45/h2-8,10-17,19-35H,1,9,18H2/b35-34-. The number of fused-ring (bicyclic) bond motifs is 8. The molecule has 3 heterocycles. The van der Waals surface area contributed by atoms with Gasteiger partial charge in [0.25, 0.3) is 0 Å². The first kappa shape index (κ1) is 34.5. The number of hydrogen-bond donors (Lipinski definition) is 0. The third-order valence-electron chi connectivity index (χ3n) is 11.5. The molecule has 58 heavy (non-hydrogen) atoms. The summed E-state index contributed by atoms with van der Waals surface area (Å²) in [5, 5.41) is 5.21. The number of allylic oxidation sites excluding steroid dienone is 1. The molecule has 0 radical (unpaired) electrons. The molecule has 0 aliphatic heterocycles. The Morgan fingerprint density at radius 2 is 1.28 bits per heavy atom. The minimum absolute atomic E-state index is 1.07. The van der Waals surface area contributed by atoms with Crippen LogP contribution >= 0.6 is 22.7 Å². The van der Waals surface area contributed by atoms with Crippen LogP contribution in [0.5, 0.6) is 0 Å². The molecule has 11 rings (SSSR count). The van der Waals surface area contributed by atoms with Crippen molar-refractivity contribution in [1.29, 1.82) is 0 Å². The Morgan fingerprint density at radius 1 is 0.586 bits per heavy atom. The van der Waals surface area contributed by atoms with E-state index in [-0.39, 0.29) is 0 Å². The van der Waals surface area contributed by atoms with Gasteiger partial charge < -0.3 is 9.47 Å². The molecule has 0 atom stereocenters. The first-order valence-electron chi connectivity index (χ1n) is 19.8. The molecule has 0 amide bonds. The Bertz CT molecular complexity index is 3210. The molecule has 0 fully saturated rings. The number of aryl methyl sites for hydroxylation is 1. The van der Waals surface area contributed by atoms with Gasteiger partial charge in [-0.25, -0.2) is 0 Å². The molecule has 0 saturated heterocycles. The Hall–Kier alpha value is -6.72. The summed E-state index contributed by atoms with van der Waals surface area (Å²) in [7, 11) is 0. The van der Waals surface area contributed by atoms with Crippen molar-refractivity contribution in [3.63, 3.8) is 0 Å². The average Bonchev–Trinajstić information content (AvgIpc) is 3.97. The van der Waals surface area contributed by atoms with Crippen molar-refractivity contribution in [2.45, 2.75) is 12.8 Å². The normalized spacial score (nSPS) is 12.6. The van der Waals surface area contributed by atoms with E-state index >= 15 is 0 Å². The van der Waals surface area contributed by atoms with Crippen LogP contribution in [0.25, 0.3) is 87.3 Å². The molecule has 2 nitrogen and oxygen atoms in total. The molecule has 0 unspecified atom stereocenters. The van der Waals surface area contributed by atoms with Gasteiger partial charge in [-0.15, -0.1) is 22.7 Å². The lowest BCUT2D eigenvalue weighted by molar-refractivity contribution is 1.01. The van der Waals surface area contributed by atoms with Gasteiger partial charge in [0.2, 0.25) is 0 Å². The van der Waals surface area contributed by atoms with Crippen LogP contribution in [-0.2, 0) is 6.42 Å². The quantitative estimate of drug-likeness (QED) is 0.149. The van der Waals surface area contributed by atoms with E-state index in [9.17, 15) is 0 Å². The second-order valence-electron chi connectivity index (χ2n) is 14.8. The maximum Gasteiger partial charge on any atom is 0.0555 e. The van der Waals surface area contributed by atoms with Crippen molar-refractivity contribution in [1.82, 2.24) is 4.57 Å². The van der Waals surface area contributed by atoms with Gasteiger partial charge in [0.05, 0.1) is 11.2 Å². The molecule has 276 valence electrons. The first-order valence-corrected chi connectivity index (χ1v) is 21.5. The molecule has 10 aromatic rings. The van der Waals surface area contributed by atoms with E-state index in [1.165, 1.54) is 73.9 Å². The lowest BCUT2D eigenvalue weighted by atomic mass is 9.98. The largest absolute Gasteiger partial charge is 0.317 e. The number of anilines is 2. The molecule has 1 aliphatic carbocycles. The van der Waals surface area contributed by atoms with Gasteiger partial charge in [-0.1, -0.05) is 128 Å². The van der Waals surface area contributed by atoms with Crippen LogP contribution in [-0.4, -0.2) is 4.57 Å². The first-order chi connectivity index (χ1) is 28.7. The number of nitrogens with zero attached hydrogens (tertiary/aromatic N) is 2. The van der Waals surface area contributed by atoms with E-state index in [2.05, 4.69) is 204 Å². The van der Waals surface area contributed by atoms with Crippen LogP contribution in [0.1, 0.15) is 28.1 Å². The fourth-order valence-electron chi connectivity index (χ4n) is 8.77. The Balaban J connectivity index is 1.08. The Kier molecular flexibility index (Phi) is 8.53. The average molecular weight is 779 g/mol. The smallest absolute Gasteiger partial charge is 0.0555 e. The van der Waals surface area contributed by atoms with Gasteiger partial charge in [-0.3, -0.25) is 0 Å². The highest BCUT2D eigenvalue weighted by molar-refractivity contribution is 7.26. The molecule has 0 N–H and O–H groups in total. The van der Waals surface area contributed by atoms with Gasteiger partial charge in [0.15, 0.2) is 0 Å². The maximum absolute atomic E-state index is 4.39.